The normalized spacial score (nSPS) is 11.0. The molecule has 0 saturated heterocycles. The molecule has 0 unspecified atom stereocenters. The molecule has 0 bridgehead atoms. The number of esters is 1. The van der Waals surface area contributed by atoms with Crippen LogP contribution >= 0.6 is 24.4 Å². The first-order valence-electron chi connectivity index (χ1n) is 5.44. The van der Waals surface area contributed by atoms with Crippen LogP contribution in [0.1, 0.15) is 18.1 Å². The van der Waals surface area contributed by atoms with Gasteiger partial charge in [0.25, 0.3) is 0 Å². The average Bonchev–Trinajstić information content (AvgIpc) is 2.31. The van der Waals surface area contributed by atoms with Gasteiger partial charge in [0.05, 0.1) is 18.6 Å². The Morgan fingerprint density at radius 3 is 2.65 bits per heavy atom. The highest BCUT2D eigenvalue weighted by atomic mass is 32.2. The third-order valence-corrected chi connectivity index (χ3v) is 3.37. The van der Waals surface area contributed by atoms with Gasteiger partial charge in [-0.1, -0.05) is 0 Å². The predicted octanol–water partition coefficient (Wildman–Crippen LogP) is 3.56. The maximum atomic E-state index is 12.4. The minimum Gasteiger partial charge on any atom is -0.466 e. The lowest BCUT2D eigenvalue weighted by Crippen LogP contribution is -2.09. The van der Waals surface area contributed by atoms with Crippen LogP contribution in [0.15, 0.2) is 21.9 Å². The molecule has 0 fully saturated rings. The number of rotatable bonds is 4. The number of ether oxygens (including phenoxy) is 1. The number of alkyl halides is 3. The Bertz CT molecular complexity index is 553. The van der Waals surface area contributed by atoms with Crippen LogP contribution in [0.5, 0.6) is 0 Å². The lowest BCUT2D eigenvalue weighted by molar-refractivity contribution is -0.142. The van der Waals surface area contributed by atoms with Crippen LogP contribution in [0.4, 0.5) is 13.2 Å². The van der Waals surface area contributed by atoms with Gasteiger partial charge in [-0.05, 0) is 36.4 Å². The molecule has 3 nitrogen and oxygen atoms in total. The number of thiol groups is 1. The fourth-order valence-corrected chi connectivity index (χ4v) is 2.35. The topological polar surface area (TPSA) is 50.1 Å². The van der Waals surface area contributed by atoms with Crippen molar-refractivity contribution in [3.8, 4) is 6.07 Å². The lowest BCUT2D eigenvalue weighted by atomic mass is 10.1. The highest BCUT2D eigenvalue weighted by molar-refractivity contribution is 8.00. The number of nitrogens with zero attached hydrogens (tertiary/aromatic N) is 1. The van der Waals surface area contributed by atoms with Crippen molar-refractivity contribution < 1.29 is 22.7 Å². The largest absolute Gasteiger partial charge is 0.466 e. The molecule has 0 N–H and O–H groups in total. The Kier molecular flexibility index (Phi) is 5.77. The quantitative estimate of drug-likeness (QED) is 0.523. The van der Waals surface area contributed by atoms with Crippen molar-refractivity contribution in [1.82, 2.24) is 0 Å². The Morgan fingerprint density at radius 2 is 2.15 bits per heavy atom. The van der Waals surface area contributed by atoms with Crippen LogP contribution in [-0.2, 0) is 16.0 Å². The lowest BCUT2D eigenvalue weighted by Gasteiger charge is -2.11. The molecule has 0 aromatic heterocycles. The van der Waals surface area contributed by atoms with E-state index in [0.717, 1.165) is 6.07 Å². The van der Waals surface area contributed by atoms with Crippen LogP contribution in [0.2, 0.25) is 0 Å². The van der Waals surface area contributed by atoms with E-state index < -0.39 is 23.2 Å². The van der Waals surface area contributed by atoms with E-state index in [-0.39, 0.29) is 33.9 Å². The molecule has 0 atom stereocenters. The molecule has 0 aliphatic carbocycles. The molecule has 1 aromatic carbocycles. The number of carbonyl (C=O) groups is 1. The van der Waals surface area contributed by atoms with E-state index in [1.807, 2.05) is 0 Å². The minimum atomic E-state index is -4.51. The van der Waals surface area contributed by atoms with Crippen molar-refractivity contribution in [1.29, 1.82) is 5.26 Å². The third-order valence-electron chi connectivity index (χ3n) is 2.17. The molecule has 108 valence electrons. The van der Waals surface area contributed by atoms with E-state index in [0.29, 0.717) is 0 Å². The Labute approximate surface area is 123 Å². The summed E-state index contributed by atoms with van der Waals surface area (Å²) in [6.45, 7) is 1.81. The van der Waals surface area contributed by atoms with E-state index in [1.54, 1.807) is 13.0 Å². The van der Waals surface area contributed by atoms with Crippen molar-refractivity contribution in [2.45, 2.75) is 28.6 Å². The molecular weight excluding hydrogens is 311 g/mol. The van der Waals surface area contributed by atoms with Gasteiger partial charge >= 0.3 is 11.5 Å². The van der Waals surface area contributed by atoms with E-state index in [4.69, 9.17) is 10.00 Å². The van der Waals surface area contributed by atoms with E-state index in [2.05, 4.69) is 12.6 Å². The van der Waals surface area contributed by atoms with Crippen LogP contribution in [-0.4, -0.2) is 18.1 Å². The van der Waals surface area contributed by atoms with Gasteiger partial charge in [0.2, 0.25) is 0 Å². The zero-order valence-electron chi connectivity index (χ0n) is 10.3. The summed E-state index contributed by atoms with van der Waals surface area (Å²) in [5.74, 6) is -0.560. The molecule has 0 heterocycles. The van der Waals surface area contributed by atoms with Gasteiger partial charge in [0.1, 0.15) is 6.07 Å². The van der Waals surface area contributed by atoms with Crippen LogP contribution in [0.25, 0.3) is 0 Å². The van der Waals surface area contributed by atoms with Crippen molar-refractivity contribution >= 4 is 30.4 Å². The van der Waals surface area contributed by atoms with Gasteiger partial charge in [-0.2, -0.15) is 18.4 Å². The van der Waals surface area contributed by atoms with E-state index >= 15 is 0 Å². The van der Waals surface area contributed by atoms with Gasteiger partial charge in [0, 0.05) is 9.79 Å². The summed E-state index contributed by atoms with van der Waals surface area (Å²) in [5.41, 5.74) is -4.35. The van der Waals surface area contributed by atoms with Gasteiger partial charge < -0.3 is 4.74 Å². The fourth-order valence-electron chi connectivity index (χ4n) is 1.42. The summed E-state index contributed by atoms with van der Waals surface area (Å²) in [6, 6.07) is 4.04. The second kappa shape index (κ2) is 6.90. The Morgan fingerprint density at radius 1 is 1.50 bits per heavy atom. The highest BCUT2D eigenvalue weighted by Crippen LogP contribution is 2.39. The predicted molar refractivity (Wildman–Crippen MR) is 70.7 cm³/mol. The van der Waals surface area contributed by atoms with Crippen molar-refractivity contribution in [2.75, 3.05) is 6.61 Å². The monoisotopic (exact) mass is 321 g/mol. The smallest absolute Gasteiger partial charge is 0.446 e. The van der Waals surface area contributed by atoms with Gasteiger partial charge in [0.15, 0.2) is 0 Å². The van der Waals surface area contributed by atoms with Gasteiger partial charge in [-0.15, -0.1) is 12.6 Å². The van der Waals surface area contributed by atoms with Crippen molar-refractivity contribution in [2.24, 2.45) is 0 Å². The molecule has 1 aromatic rings. The number of thioether (sulfide) groups is 1. The first-order chi connectivity index (χ1) is 9.26. The number of benzene rings is 1. The second-order valence-corrected chi connectivity index (χ2v) is 5.21. The molecule has 0 amide bonds. The third kappa shape index (κ3) is 4.98. The van der Waals surface area contributed by atoms with Crippen LogP contribution in [0, 0.1) is 11.3 Å². The molecule has 20 heavy (non-hydrogen) atoms. The van der Waals surface area contributed by atoms with Crippen LogP contribution in [0.3, 0.4) is 0 Å². The molecular formula is C12H10F3NO2S2. The molecule has 8 heteroatoms. The molecule has 1 rings (SSSR count). The summed E-state index contributed by atoms with van der Waals surface area (Å²) in [4.78, 5) is 11.4. The molecule has 0 spiro atoms. The van der Waals surface area contributed by atoms with Crippen LogP contribution < -0.4 is 0 Å². The minimum absolute atomic E-state index is 0.134. The van der Waals surface area contributed by atoms with Gasteiger partial charge in [-0.25, -0.2) is 0 Å². The van der Waals surface area contributed by atoms with Crippen molar-refractivity contribution in [3.05, 3.63) is 23.3 Å². The Balaban J connectivity index is 3.11. The number of halogens is 3. The molecule has 0 radical (unpaired) electrons. The maximum absolute atomic E-state index is 12.4. The summed E-state index contributed by atoms with van der Waals surface area (Å²) >= 11 is 3.68. The second-order valence-electron chi connectivity index (χ2n) is 3.62. The summed E-state index contributed by atoms with van der Waals surface area (Å²) in [5, 5.41) is 8.84. The summed E-state index contributed by atoms with van der Waals surface area (Å²) in [6.07, 6.45) is -0.191. The molecule has 0 aliphatic rings. The zero-order valence-corrected chi connectivity index (χ0v) is 12.0. The first kappa shape index (κ1) is 16.7. The van der Waals surface area contributed by atoms with Gasteiger partial charge in [-0.3, -0.25) is 4.79 Å². The number of hydrogen-bond acceptors (Lipinski definition) is 5. The van der Waals surface area contributed by atoms with E-state index in [1.165, 1.54) is 6.07 Å². The van der Waals surface area contributed by atoms with Crippen molar-refractivity contribution in [3.63, 3.8) is 0 Å². The fraction of sp³-hybridized carbons (Fsp3) is 0.333. The first-order valence-corrected chi connectivity index (χ1v) is 6.70. The average molecular weight is 321 g/mol. The number of hydrogen-bond donors (Lipinski definition) is 1. The molecule has 0 saturated carbocycles. The zero-order chi connectivity index (χ0) is 15.3. The standard InChI is InChI=1S/C12H10F3NO2S2/c1-2-18-11(17)5-7-4-10(20-12(13,14)15)8(6-16)3-9(7)19/h3-4,19H,2,5H2,1H3. The maximum Gasteiger partial charge on any atom is 0.446 e. The number of carbonyl (C=O) groups excluding carboxylic acids is 1. The summed E-state index contributed by atoms with van der Waals surface area (Å²) < 4.78 is 42.0. The molecule has 0 aliphatic heterocycles. The highest BCUT2D eigenvalue weighted by Gasteiger charge is 2.31. The van der Waals surface area contributed by atoms with E-state index in [9.17, 15) is 18.0 Å². The SMILES string of the molecule is CCOC(=O)Cc1cc(SC(F)(F)F)c(C#N)cc1S. The Hall–Kier alpha value is -1.33. The number of nitriles is 1. The summed E-state index contributed by atoms with van der Waals surface area (Å²) in [7, 11) is 0.